The van der Waals surface area contributed by atoms with E-state index in [0.29, 0.717) is 23.8 Å². The highest BCUT2D eigenvalue weighted by molar-refractivity contribution is 6.49. The van der Waals surface area contributed by atoms with Crippen LogP contribution in [0, 0.1) is 17.8 Å². The van der Waals surface area contributed by atoms with E-state index in [1.54, 1.807) is 7.11 Å². The second-order valence-electron chi connectivity index (χ2n) is 8.93. The quantitative estimate of drug-likeness (QED) is 0.581. The first-order valence-corrected chi connectivity index (χ1v) is 11.4. The Bertz CT molecular complexity index is 738. The van der Waals surface area contributed by atoms with Crippen LogP contribution in [-0.2, 0) is 14.2 Å². The molecule has 7 atom stereocenters. The Labute approximate surface area is 175 Å². The van der Waals surface area contributed by atoms with Crippen molar-refractivity contribution in [2.24, 2.45) is 27.7 Å². The van der Waals surface area contributed by atoms with Crippen LogP contribution in [0.4, 0.5) is 0 Å². The summed E-state index contributed by atoms with van der Waals surface area (Å²) >= 11 is 0. The predicted octanol–water partition coefficient (Wildman–Crippen LogP) is 4.72. The number of hydrogen-bond acceptors (Lipinski definition) is 5. The summed E-state index contributed by atoms with van der Waals surface area (Å²) in [7, 11) is 1.70. The standard InChI is InChI=1S/C24H36N2O3/c1-6-8-10-20-14(3)16(9-7-2)22(26-20)21-11-17-18(12-25-21)15(4)28-13-19(17)23-24(27-5)29-23/h9,13-15,17-18,20,23-24H,6-8,10-12H2,1-5H3/b16-9-. The van der Waals surface area contributed by atoms with Gasteiger partial charge in [-0.15, -0.1) is 0 Å². The van der Waals surface area contributed by atoms with Gasteiger partial charge in [0, 0.05) is 31.1 Å². The Balaban J connectivity index is 1.58. The highest BCUT2D eigenvalue weighted by Gasteiger charge is 2.50. The van der Waals surface area contributed by atoms with Crippen molar-refractivity contribution in [3.63, 3.8) is 0 Å². The topological polar surface area (TPSA) is 55.7 Å². The fourth-order valence-electron chi connectivity index (χ4n) is 5.19. The van der Waals surface area contributed by atoms with E-state index in [4.69, 9.17) is 24.2 Å². The van der Waals surface area contributed by atoms with E-state index in [0.717, 1.165) is 19.4 Å². The highest BCUT2D eigenvalue weighted by Crippen LogP contribution is 2.45. The van der Waals surface area contributed by atoms with Crippen LogP contribution in [0.25, 0.3) is 0 Å². The lowest BCUT2D eigenvalue weighted by Crippen LogP contribution is -2.41. The Morgan fingerprint density at radius 1 is 1.28 bits per heavy atom. The first kappa shape index (κ1) is 20.8. The maximum Gasteiger partial charge on any atom is 0.188 e. The van der Waals surface area contributed by atoms with Crippen LogP contribution >= 0.6 is 0 Å². The largest absolute Gasteiger partial charge is 0.498 e. The van der Waals surface area contributed by atoms with Gasteiger partial charge in [-0.1, -0.05) is 39.7 Å². The lowest BCUT2D eigenvalue weighted by molar-refractivity contribution is 0.0537. The molecule has 0 aromatic rings. The normalized spacial score (nSPS) is 40.1. The van der Waals surface area contributed by atoms with Gasteiger partial charge < -0.3 is 14.2 Å². The molecule has 4 rings (SSSR count). The van der Waals surface area contributed by atoms with Crippen molar-refractivity contribution in [3.05, 3.63) is 23.5 Å². The minimum atomic E-state index is -0.126. The van der Waals surface area contributed by atoms with Gasteiger partial charge in [0.25, 0.3) is 0 Å². The summed E-state index contributed by atoms with van der Waals surface area (Å²) in [5, 5.41) is 0. The van der Waals surface area contributed by atoms with E-state index in [9.17, 15) is 0 Å². The van der Waals surface area contributed by atoms with Gasteiger partial charge in [0.1, 0.15) is 12.2 Å². The summed E-state index contributed by atoms with van der Waals surface area (Å²) in [4.78, 5) is 10.3. The number of methoxy groups -OCH3 is 1. The van der Waals surface area contributed by atoms with Crippen molar-refractivity contribution in [2.45, 2.75) is 84.3 Å². The van der Waals surface area contributed by atoms with Gasteiger partial charge in [0.05, 0.1) is 23.7 Å². The number of ether oxygens (including phenoxy) is 3. The lowest BCUT2D eigenvalue weighted by Gasteiger charge is -2.39. The van der Waals surface area contributed by atoms with Crippen LogP contribution in [0.3, 0.4) is 0 Å². The lowest BCUT2D eigenvalue weighted by atomic mass is 9.74. The van der Waals surface area contributed by atoms with Crippen LogP contribution in [0.2, 0.25) is 0 Å². The zero-order valence-electron chi connectivity index (χ0n) is 18.6. The van der Waals surface area contributed by atoms with Gasteiger partial charge in [-0.2, -0.15) is 0 Å². The number of fused-ring (bicyclic) bond motifs is 1. The fourth-order valence-corrected chi connectivity index (χ4v) is 5.19. The van der Waals surface area contributed by atoms with Crippen molar-refractivity contribution in [3.8, 4) is 0 Å². The molecule has 5 nitrogen and oxygen atoms in total. The van der Waals surface area contributed by atoms with E-state index in [-0.39, 0.29) is 18.5 Å². The minimum Gasteiger partial charge on any atom is -0.498 e. The summed E-state index contributed by atoms with van der Waals surface area (Å²) in [5.41, 5.74) is 5.01. The molecule has 0 N–H and O–H groups in total. The van der Waals surface area contributed by atoms with Gasteiger partial charge in [0.15, 0.2) is 6.29 Å². The molecule has 1 saturated heterocycles. The molecular weight excluding hydrogens is 364 g/mol. The molecule has 0 radical (unpaired) electrons. The molecule has 0 bridgehead atoms. The molecule has 0 aliphatic carbocycles. The van der Waals surface area contributed by atoms with Gasteiger partial charge in [-0.25, -0.2) is 0 Å². The molecule has 7 unspecified atom stereocenters. The SMILES string of the molecule is CC/C=C1\C(C2=NCC3C(C)OC=C(C4OC4OC)C3C2)=NC(CCCC)C1C. The zero-order chi connectivity index (χ0) is 20.5. The van der Waals surface area contributed by atoms with Gasteiger partial charge in [0.2, 0.25) is 0 Å². The third-order valence-electron chi connectivity index (χ3n) is 7.07. The molecule has 4 aliphatic heterocycles. The van der Waals surface area contributed by atoms with Gasteiger partial charge in [-0.05, 0) is 37.7 Å². The molecule has 4 heterocycles. The van der Waals surface area contributed by atoms with Crippen LogP contribution in [0.15, 0.2) is 33.5 Å². The number of epoxide rings is 1. The van der Waals surface area contributed by atoms with Crippen molar-refractivity contribution in [1.29, 1.82) is 0 Å². The first-order valence-electron chi connectivity index (χ1n) is 11.4. The number of unbranched alkanes of at least 4 members (excludes halogenated alkanes) is 1. The minimum absolute atomic E-state index is 0.0340. The molecule has 0 saturated carbocycles. The van der Waals surface area contributed by atoms with Crippen molar-refractivity contribution in [2.75, 3.05) is 13.7 Å². The van der Waals surface area contributed by atoms with E-state index < -0.39 is 0 Å². The van der Waals surface area contributed by atoms with E-state index >= 15 is 0 Å². The van der Waals surface area contributed by atoms with Gasteiger partial charge >= 0.3 is 0 Å². The molecule has 160 valence electrons. The summed E-state index contributed by atoms with van der Waals surface area (Å²) in [6, 6.07) is 0.399. The Morgan fingerprint density at radius 2 is 2.10 bits per heavy atom. The summed E-state index contributed by atoms with van der Waals surface area (Å²) in [6.45, 7) is 9.77. The predicted molar refractivity (Wildman–Crippen MR) is 116 cm³/mol. The fraction of sp³-hybridized carbons (Fsp3) is 0.750. The highest BCUT2D eigenvalue weighted by atomic mass is 16.8. The molecule has 5 heteroatoms. The second kappa shape index (κ2) is 8.73. The average Bonchev–Trinajstić information content (AvgIpc) is 3.45. The molecule has 29 heavy (non-hydrogen) atoms. The summed E-state index contributed by atoms with van der Waals surface area (Å²) in [6.07, 6.45) is 9.99. The number of allylic oxidation sites excluding steroid dienone is 1. The van der Waals surface area contributed by atoms with Crippen LogP contribution < -0.4 is 0 Å². The van der Waals surface area contributed by atoms with Crippen molar-refractivity contribution >= 4 is 11.4 Å². The zero-order valence-corrected chi connectivity index (χ0v) is 18.6. The molecule has 4 aliphatic rings. The van der Waals surface area contributed by atoms with Crippen LogP contribution in [-0.4, -0.2) is 49.6 Å². The number of nitrogens with zero attached hydrogens (tertiary/aromatic N) is 2. The monoisotopic (exact) mass is 400 g/mol. The number of rotatable bonds is 7. The van der Waals surface area contributed by atoms with E-state index in [1.807, 2.05) is 6.26 Å². The maximum atomic E-state index is 5.94. The van der Waals surface area contributed by atoms with Crippen LogP contribution in [0.1, 0.15) is 59.8 Å². The second-order valence-corrected chi connectivity index (χ2v) is 8.93. The first-order chi connectivity index (χ1) is 14.1. The van der Waals surface area contributed by atoms with Crippen molar-refractivity contribution in [1.82, 2.24) is 0 Å². The van der Waals surface area contributed by atoms with E-state index in [1.165, 1.54) is 41.8 Å². The number of aliphatic imine (C=N–C) groups is 2. The van der Waals surface area contributed by atoms with E-state index in [2.05, 4.69) is 33.8 Å². The molecular formula is C24H36N2O3. The third kappa shape index (κ3) is 3.96. The number of hydrogen-bond donors (Lipinski definition) is 0. The summed E-state index contributed by atoms with van der Waals surface area (Å²) in [5.74, 6) is 1.28. The summed E-state index contributed by atoms with van der Waals surface area (Å²) < 4.78 is 17.1. The molecule has 0 aromatic heterocycles. The van der Waals surface area contributed by atoms with Crippen molar-refractivity contribution < 1.29 is 14.2 Å². The molecule has 0 amide bonds. The molecule has 0 aromatic carbocycles. The Kier molecular flexibility index (Phi) is 6.26. The maximum absolute atomic E-state index is 5.94. The molecule has 1 fully saturated rings. The smallest absolute Gasteiger partial charge is 0.188 e. The molecule has 0 spiro atoms. The Hall–Kier alpha value is -1.46. The third-order valence-corrected chi connectivity index (χ3v) is 7.07. The van der Waals surface area contributed by atoms with Gasteiger partial charge in [-0.3, -0.25) is 9.98 Å². The van der Waals surface area contributed by atoms with Crippen LogP contribution in [0.5, 0.6) is 0 Å². The Morgan fingerprint density at radius 3 is 2.79 bits per heavy atom. The average molecular weight is 401 g/mol.